The highest BCUT2D eigenvalue weighted by atomic mass is 19.1. The van der Waals surface area contributed by atoms with Gasteiger partial charge in [0.25, 0.3) is 0 Å². The van der Waals surface area contributed by atoms with Crippen molar-refractivity contribution >= 4 is 11.5 Å². The van der Waals surface area contributed by atoms with Gasteiger partial charge in [-0.15, -0.1) is 0 Å². The molecule has 6 heteroatoms. The van der Waals surface area contributed by atoms with Crippen molar-refractivity contribution in [1.29, 1.82) is 0 Å². The second-order valence-corrected chi connectivity index (χ2v) is 8.44. The molecule has 2 N–H and O–H groups in total. The number of carbonyl (C=O) groups is 1. The lowest BCUT2D eigenvalue weighted by Gasteiger charge is -2.38. The average molecular weight is 426 g/mol. The van der Waals surface area contributed by atoms with E-state index in [1.807, 2.05) is 25.1 Å². The number of benzene rings is 2. The molecule has 0 aromatic heterocycles. The highest BCUT2D eigenvalue weighted by molar-refractivity contribution is 5.82. The van der Waals surface area contributed by atoms with Crippen LogP contribution >= 0.6 is 0 Å². The van der Waals surface area contributed by atoms with Crippen LogP contribution in [0.25, 0.3) is 16.7 Å². The molecule has 4 rings (SSSR count). The molecule has 1 saturated carbocycles. The van der Waals surface area contributed by atoms with E-state index in [4.69, 9.17) is 9.47 Å². The molecule has 1 atom stereocenters. The Labute approximate surface area is 181 Å². The van der Waals surface area contributed by atoms with Crippen LogP contribution < -0.4 is 5.32 Å². The van der Waals surface area contributed by atoms with Crippen molar-refractivity contribution in [2.45, 2.75) is 57.4 Å². The second-order valence-electron chi connectivity index (χ2n) is 8.44. The molecule has 1 spiro atoms. The van der Waals surface area contributed by atoms with E-state index in [1.54, 1.807) is 19.2 Å². The Kier molecular flexibility index (Phi) is 5.97. The molecule has 5 nitrogen and oxygen atoms in total. The van der Waals surface area contributed by atoms with Crippen molar-refractivity contribution in [3.05, 3.63) is 65.2 Å². The molecule has 1 aliphatic heterocycles. The second kappa shape index (κ2) is 8.54. The maximum Gasteiger partial charge on any atom is 0.307 e. The van der Waals surface area contributed by atoms with Crippen molar-refractivity contribution in [2.24, 2.45) is 0 Å². The zero-order valence-corrected chi connectivity index (χ0v) is 18.1. The van der Waals surface area contributed by atoms with Crippen molar-refractivity contribution in [3.8, 4) is 11.1 Å². The minimum Gasteiger partial charge on any atom is -0.429 e. The van der Waals surface area contributed by atoms with Gasteiger partial charge >= 0.3 is 5.97 Å². The largest absolute Gasteiger partial charge is 0.429 e. The highest BCUT2D eigenvalue weighted by Gasteiger charge is 2.49. The maximum absolute atomic E-state index is 13.4. The van der Waals surface area contributed by atoms with Gasteiger partial charge < -0.3 is 14.6 Å². The van der Waals surface area contributed by atoms with E-state index in [0.29, 0.717) is 24.2 Å². The molecule has 1 aliphatic carbocycles. The zero-order chi connectivity index (χ0) is 22.2. The minimum absolute atomic E-state index is 0.163. The van der Waals surface area contributed by atoms with Gasteiger partial charge in [0.2, 0.25) is 0 Å². The molecule has 1 unspecified atom stereocenters. The summed E-state index contributed by atoms with van der Waals surface area (Å²) < 4.78 is 24.6. The monoisotopic (exact) mass is 425 g/mol. The Hall–Kier alpha value is -2.54. The predicted molar refractivity (Wildman–Crippen MR) is 116 cm³/mol. The lowest BCUT2D eigenvalue weighted by Crippen LogP contribution is -2.50. The summed E-state index contributed by atoms with van der Waals surface area (Å²) in [7, 11) is 1.71. The summed E-state index contributed by atoms with van der Waals surface area (Å²) in [5.74, 6) is -0.203. The first-order chi connectivity index (χ1) is 14.8. The van der Waals surface area contributed by atoms with Crippen LogP contribution in [0.15, 0.2) is 48.2 Å². The fraction of sp³-hybridized carbons (Fsp3) is 0.400. The zero-order valence-electron chi connectivity index (χ0n) is 18.1. The third-order valence-corrected chi connectivity index (χ3v) is 6.44. The van der Waals surface area contributed by atoms with Gasteiger partial charge in [-0.3, -0.25) is 10.1 Å². The lowest BCUT2D eigenvalue weighted by atomic mass is 9.79. The SMILES string of the molecule is CO[C@H]1CC[C@]2(CC1)NC(O)C(c1cc(-c3ccc(F)cc3)ccc1C)=C2OC(C)=O. The Morgan fingerprint density at radius 1 is 1.13 bits per heavy atom. The summed E-state index contributed by atoms with van der Waals surface area (Å²) in [6.07, 6.45) is 2.22. The third kappa shape index (κ3) is 4.15. The Bertz CT molecular complexity index is 1010. The van der Waals surface area contributed by atoms with Crippen LogP contribution in [-0.4, -0.2) is 36.1 Å². The van der Waals surface area contributed by atoms with Gasteiger partial charge in [0.1, 0.15) is 17.8 Å². The molecule has 2 aromatic carbocycles. The van der Waals surface area contributed by atoms with Crippen LogP contribution in [0.3, 0.4) is 0 Å². The number of nitrogens with one attached hydrogen (secondary N) is 1. The normalized spacial score (nSPS) is 25.8. The first kappa shape index (κ1) is 21.7. The van der Waals surface area contributed by atoms with Gasteiger partial charge in [0.05, 0.1) is 11.6 Å². The van der Waals surface area contributed by atoms with Crippen LogP contribution in [-0.2, 0) is 14.3 Å². The number of halogens is 1. The number of hydrogen-bond donors (Lipinski definition) is 2. The molecular weight excluding hydrogens is 397 g/mol. The van der Waals surface area contributed by atoms with Crippen molar-refractivity contribution in [2.75, 3.05) is 7.11 Å². The number of carbonyl (C=O) groups excluding carboxylic acids is 1. The van der Waals surface area contributed by atoms with Gasteiger partial charge in [-0.2, -0.15) is 0 Å². The number of rotatable bonds is 4. The van der Waals surface area contributed by atoms with Crippen LogP contribution in [0, 0.1) is 12.7 Å². The third-order valence-electron chi connectivity index (χ3n) is 6.44. The van der Waals surface area contributed by atoms with E-state index >= 15 is 0 Å². The molecule has 2 aromatic rings. The predicted octanol–water partition coefficient (Wildman–Crippen LogP) is 4.32. The molecule has 0 bridgehead atoms. The number of esters is 1. The summed E-state index contributed by atoms with van der Waals surface area (Å²) in [6.45, 7) is 3.34. The fourth-order valence-electron chi connectivity index (χ4n) is 4.77. The number of methoxy groups -OCH3 is 1. The first-order valence-corrected chi connectivity index (χ1v) is 10.6. The van der Waals surface area contributed by atoms with Crippen LogP contribution in [0.5, 0.6) is 0 Å². The number of ether oxygens (including phenoxy) is 2. The van der Waals surface area contributed by atoms with Crippen LogP contribution in [0.1, 0.15) is 43.7 Å². The molecule has 0 saturated heterocycles. The fourth-order valence-corrected chi connectivity index (χ4v) is 4.77. The topological polar surface area (TPSA) is 67.8 Å². The number of aliphatic hydroxyl groups is 1. The molecular formula is C25H28FNO4. The summed E-state index contributed by atoms with van der Waals surface area (Å²) in [5, 5.41) is 14.4. The Morgan fingerprint density at radius 2 is 1.77 bits per heavy atom. The molecule has 31 heavy (non-hydrogen) atoms. The molecule has 0 radical (unpaired) electrons. The molecule has 0 amide bonds. The smallest absolute Gasteiger partial charge is 0.307 e. The molecule has 2 aliphatic rings. The van der Waals surface area contributed by atoms with Gasteiger partial charge in [-0.1, -0.05) is 24.3 Å². The molecule has 164 valence electrons. The maximum atomic E-state index is 13.4. The van der Waals surface area contributed by atoms with Gasteiger partial charge in [-0.05, 0) is 73.1 Å². The van der Waals surface area contributed by atoms with E-state index in [-0.39, 0.29) is 11.9 Å². The minimum atomic E-state index is -0.962. The summed E-state index contributed by atoms with van der Waals surface area (Å²) in [4.78, 5) is 12.0. The standard InChI is InChI=1S/C25H28FNO4/c1-15-4-5-18(17-6-8-19(26)9-7-17)14-21(15)22-23(31-16(2)28)25(27-24(22)29)12-10-20(30-3)11-13-25/h4-9,14,20,24,27,29H,10-13H2,1-3H3/t20-,24?,25+. The van der Waals surface area contributed by atoms with E-state index in [9.17, 15) is 14.3 Å². The Balaban J connectivity index is 1.81. The lowest BCUT2D eigenvalue weighted by molar-refractivity contribution is -0.138. The van der Waals surface area contributed by atoms with E-state index in [1.165, 1.54) is 19.1 Å². The highest BCUT2D eigenvalue weighted by Crippen LogP contribution is 2.46. The van der Waals surface area contributed by atoms with Gasteiger partial charge in [0, 0.05) is 19.6 Å². The number of aliphatic hydroxyl groups excluding tert-OH is 1. The van der Waals surface area contributed by atoms with Crippen molar-refractivity contribution < 1.29 is 23.8 Å². The van der Waals surface area contributed by atoms with Gasteiger partial charge in [-0.25, -0.2) is 4.39 Å². The first-order valence-electron chi connectivity index (χ1n) is 10.6. The number of aryl methyl sites for hydroxylation is 1. The van der Waals surface area contributed by atoms with Crippen LogP contribution in [0.4, 0.5) is 4.39 Å². The van der Waals surface area contributed by atoms with Crippen LogP contribution in [0.2, 0.25) is 0 Å². The van der Waals surface area contributed by atoms with E-state index < -0.39 is 17.7 Å². The Morgan fingerprint density at radius 3 is 2.39 bits per heavy atom. The molecule has 1 heterocycles. The summed E-state index contributed by atoms with van der Waals surface area (Å²) in [6, 6.07) is 12.2. The van der Waals surface area contributed by atoms with Gasteiger partial charge in [0.15, 0.2) is 0 Å². The number of hydrogen-bond acceptors (Lipinski definition) is 5. The van der Waals surface area contributed by atoms with Crippen molar-refractivity contribution in [3.63, 3.8) is 0 Å². The summed E-state index contributed by atoms with van der Waals surface area (Å²) in [5.41, 5.74) is 3.51. The molecule has 1 fully saturated rings. The average Bonchev–Trinajstić information content (AvgIpc) is 3.00. The van der Waals surface area contributed by atoms with Crippen molar-refractivity contribution in [1.82, 2.24) is 5.32 Å². The quantitative estimate of drug-likeness (QED) is 0.714. The van der Waals surface area contributed by atoms with E-state index in [2.05, 4.69) is 5.32 Å². The van der Waals surface area contributed by atoms with E-state index in [0.717, 1.165) is 35.1 Å². The summed E-state index contributed by atoms with van der Waals surface area (Å²) >= 11 is 0.